The summed E-state index contributed by atoms with van der Waals surface area (Å²) in [5.41, 5.74) is -0.499. The highest BCUT2D eigenvalue weighted by Gasteiger charge is 2.30. The summed E-state index contributed by atoms with van der Waals surface area (Å²) in [5, 5.41) is 2.18. The van der Waals surface area contributed by atoms with Gasteiger partial charge >= 0.3 is 6.18 Å². The van der Waals surface area contributed by atoms with Gasteiger partial charge in [-0.25, -0.2) is 8.42 Å². The lowest BCUT2D eigenvalue weighted by Crippen LogP contribution is -2.24. The van der Waals surface area contributed by atoms with Gasteiger partial charge in [0.2, 0.25) is 5.91 Å². The Labute approximate surface area is 137 Å². The summed E-state index contributed by atoms with van der Waals surface area (Å²) in [6.45, 7) is 0. The standard InChI is InChI=1S/C16H14F3NO3S/c17-16(18,19)13-7-4-8-14(9-13)20-15(21)11-24(22,23)10-12-5-2-1-3-6-12/h1-9H,10-11H2,(H,20,21). The van der Waals surface area contributed by atoms with Gasteiger partial charge in [-0.05, 0) is 23.8 Å². The molecular weight excluding hydrogens is 343 g/mol. The largest absolute Gasteiger partial charge is 0.416 e. The van der Waals surface area contributed by atoms with E-state index in [9.17, 15) is 26.4 Å². The van der Waals surface area contributed by atoms with Gasteiger partial charge in [-0.1, -0.05) is 36.4 Å². The molecule has 8 heteroatoms. The minimum atomic E-state index is -4.54. The molecule has 0 heterocycles. The van der Waals surface area contributed by atoms with Crippen molar-refractivity contribution >= 4 is 21.4 Å². The normalized spacial score (nSPS) is 12.0. The number of sulfone groups is 1. The lowest BCUT2D eigenvalue weighted by atomic mass is 10.2. The Morgan fingerprint density at radius 3 is 2.29 bits per heavy atom. The molecule has 0 unspecified atom stereocenters. The summed E-state index contributed by atoms with van der Waals surface area (Å²) < 4.78 is 61.8. The topological polar surface area (TPSA) is 63.2 Å². The van der Waals surface area contributed by atoms with Crippen molar-refractivity contribution in [3.8, 4) is 0 Å². The number of amides is 1. The average molecular weight is 357 g/mol. The fraction of sp³-hybridized carbons (Fsp3) is 0.188. The Bertz CT molecular complexity index is 818. The van der Waals surface area contributed by atoms with Crippen LogP contribution in [0.2, 0.25) is 0 Å². The van der Waals surface area contributed by atoms with Crippen LogP contribution >= 0.6 is 0 Å². The van der Waals surface area contributed by atoms with Gasteiger partial charge in [0.05, 0.1) is 11.3 Å². The first-order valence-electron chi connectivity index (χ1n) is 6.87. The Hall–Kier alpha value is -2.35. The Balaban J connectivity index is 2.03. The van der Waals surface area contributed by atoms with Gasteiger partial charge in [-0.15, -0.1) is 0 Å². The second kappa shape index (κ2) is 7.04. The number of benzene rings is 2. The molecule has 0 aromatic heterocycles. The molecule has 2 aromatic carbocycles. The molecule has 1 amide bonds. The van der Waals surface area contributed by atoms with Crippen LogP contribution in [-0.4, -0.2) is 20.1 Å². The van der Waals surface area contributed by atoms with Crippen LogP contribution in [0.15, 0.2) is 54.6 Å². The Kier molecular flexibility index (Phi) is 5.28. The van der Waals surface area contributed by atoms with E-state index in [1.165, 1.54) is 6.07 Å². The molecule has 0 fully saturated rings. The molecule has 4 nitrogen and oxygen atoms in total. The molecule has 0 radical (unpaired) electrons. The smallest absolute Gasteiger partial charge is 0.325 e. The maximum Gasteiger partial charge on any atom is 0.416 e. The molecule has 0 aliphatic carbocycles. The first kappa shape index (κ1) is 18.0. The number of nitrogens with one attached hydrogen (secondary N) is 1. The summed E-state index contributed by atoms with van der Waals surface area (Å²) in [5.74, 6) is -2.01. The number of hydrogen-bond acceptors (Lipinski definition) is 3. The number of halogens is 3. The average Bonchev–Trinajstić information content (AvgIpc) is 2.46. The van der Waals surface area contributed by atoms with E-state index in [0.717, 1.165) is 18.2 Å². The zero-order valence-corrected chi connectivity index (χ0v) is 13.2. The molecule has 2 rings (SSSR count). The maximum absolute atomic E-state index is 12.6. The second-order valence-corrected chi connectivity index (χ2v) is 7.21. The molecule has 1 N–H and O–H groups in total. The number of anilines is 1. The second-order valence-electron chi connectivity index (χ2n) is 5.14. The van der Waals surface area contributed by atoms with E-state index in [1.807, 2.05) is 0 Å². The number of hydrogen-bond donors (Lipinski definition) is 1. The van der Waals surface area contributed by atoms with E-state index in [4.69, 9.17) is 0 Å². The monoisotopic (exact) mass is 357 g/mol. The summed E-state index contributed by atoms with van der Waals surface area (Å²) in [4.78, 5) is 11.8. The van der Waals surface area contributed by atoms with E-state index in [1.54, 1.807) is 30.3 Å². The molecule has 128 valence electrons. The maximum atomic E-state index is 12.6. The molecule has 24 heavy (non-hydrogen) atoms. The summed E-state index contributed by atoms with van der Waals surface area (Å²) >= 11 is 0. The van der Waals surface area contributed by atoms with Gasteiger partial charge in [-0.2, -0.15) is 13.2 Å². The van der Waals surface area contributed by atoms with Crippen molar-refractivity contribution in [1.82, 2.24) is 0 Å². The van der Waals surface area contributed by atoms with Crippen LogP contribution in [0.4, 0.5) is 18.9 Å². The van der Waals surface area contributed by atoms with Crippen molar-refractivity contribution in [1.29, 1.82) is 0 Å². The first-order valence-corrected chi connectivity index (χ1v) is 8.69. The predicted octanol–water partition coefficient (Wildman–Crippen LogP) is 3.26. The molecule has 0 spiro atoms. The highest BCUT2D eigenvalue weighted by Crippen LogP contribution is 2.30. The zero-order valence-electron chi connectivity index (χ0n) is 12.4. The van der Waals surface area contributed by atoms with Gasteiger partial charge in [0.25, 0.3) is 0 Å². The van der Waals surface area contributed by atoms with Crippen LogP contribution in [0.1, 0.15) is 11.1 Å². The Morgan fingerprint density at radius 2 is 1.67 bits per heavy atom. The Morgan fingerprint density at radius 1 is 1.00 bits per heavy atom. The third-order valence-corrected chi connectivity index (χ3v) is 4.53. The molecule has 0 atom stereocenters. The summed E-state index contributed by atoms with van der Waals surface area (Å²) in [6.07, 6.45) is -4.54. The fourth-order valence-electron chi connectivity index (χ4n) is 2.05. The van der Waals surface area contributed by atoms with Crippen LogP contribution in [0, 0.1) is 0 Å². The van der Waals surface area contributed by atoms with E-state index in [-0.39, 0.29) is 11.4 Å². The van der Waals surface area contributed by atoms with Crippen molar-refractivity contribution < 1.29 is 26.4 Å². The highest BCUT2D eigenvalue weighted by molar-refractivity contribution is 7.91. The van der Waals surface area contributed by atoms with Crippen LogP contribution in [0.5, 0.6) is 0 Å². The van der Waals surface area contributed by atoms with Gasteiger partial charge in [0.15, 0.2) is 9.84 Å². The zero-order chi connectivity index (χ0) is 17.8. The van der Waals surface area contributed by atoms with Crippen LogP contribution in [0.25, 0.3) is 0 Å². The van der Waals surface area contributed by atoms with Crippen LogP contribution in [-0.2, 0) is 26.6 Å². The summed E-state index contributed by atoms with van der Waals surface area (Å²) in [6, 6.07) is 12.3. The molecule has 0 saturated heterocycles. The van der Waals surface area contributed by atoms with Crippen molar-refractivity contribution in [3.63, 3.8) is 0 Å². The fourth-order valence-corrected chi connectivity index (χ4v) is 3.32. The first-order chi connectivity index (χ1) is 11.2. The molecule has 0 saturated carbocycles. The van der Waals surface area contributed by atoms with E-state index in [0.29, 0.717) is 5.56 Å². The number of alkyl halides is 3. The minimum Gasteiger partial charge on any atom is -0.325 e. The quantitative estimate of drug-likeness (QED) is 0.893. The third-order valence-electron chi connectivity index (χ3n) is 3.05. The van der Waals surface area contributed by atoms with Crippen molar-refractivity contribution in [2.24, 2.45) is 0 Å². The predicted molar refractivity (Wildman–Crippen MR) is 84.0 cm³/mol. The molecule has 2 aromatic rings. The van der Waals surface area contributed by atoms with E-state index < -0.39 is 33.2 Å². The molecule has 0 bridgehead atoms. The van der Waals surface area contributed by atoms with Gasteiger partial charge in [-0.3, -0.25) is 4.79 Å². The third kappa shape index (κ3) is 5.38. The SMILES string of the molecule is O=C(CS(=O)(=O)Cc1ccccc1)Nc1cccc(C(F)(F)F)c1. The van der Waals surface area contributed by atoms with Gasteiger partial charge < -0.3 is 5.32 Å². The van der Waals surface area contributed by atoms with E-state index in [2.05, 4.69) is 5.32 Å². The van der Waals surface area contributed by atoms with Gasteiger partial charge in [0, 0.05) is 5.69 Å². The van der Waals surface area contributed by atoms with Crippen molar-refractivity contribution in [2.75, 3.05) is 11.1 Å². The molecular formula is C16H14F3NO3S. The van der Waals surface area contributed by atoms with E-state index >= 15 is 0 Å². The number of carbonyl (C=O) groups is 1. The molecule has 0 aliphatic heterocycles. The van der Waals surface area contributed by atoms with Gasteiger partial charge in [0.1, 0.15) is 5.75 Å². The van der Waals surface area contributed by atoms with Crippen LogP contribution < -0.4 is 5.32 Å². The lowest BCUT2D eigenvalue weighted by molar-refractivity contribution is -0.137. The van der Waals surface area contributed by atoms with Crippen molar-refractivity contribution in [3.05, 3.63) is 65.7 Å². The minimum absolute atomic E-state index is 0.107. The number of carbonyl (C=O) groups excluding carboxylic acids is 1. The summed E-state index contributed by atoms with van der Waals surface area (Å²) in [7, 11) is -3.73. The van der Waals surface area contributed by atoms with Crippen molar-refractivity contribution in [2.45, 2.75) is 11.9 Å². The highest BCUT2D eigenvalue weighted by atomic mass is 32.2. The van der Waals surface area contributed by atoms with Crippen LogP contribution in [0.3, 0.4) is 0 Å². The number of rotatable bonds is 5. The molecule has 0 aliphatic rings. The lowest BCUT2D eigenvalue weighted by Gasteiger charge is -2.10.